The smallest absolute Gasteiger partial charge is 0.253 e. The first-order valence-electron chi connectivity index (χ1n) is 9.57. The van der Waals surface area contributed by atoms with Crippen LogP contribution in [0.2, 0.25) is 0 Å². The van der Waals surface area contributed by atoms with Crippen LogP contribution in [-0.4, -0.2) is 69.0 Å². The highest BCUT2D eigenvalue weighted by atomic mass is 127. The summed E-state index contributed by atoms with van der Waals surface area (Å²) in [6.07, 6.45) is 5.37. The molecule has 1 aromatic carbocycles. The Hall–Kier alpha value is -1.35. The summed E-state index contributed by atoms with van der Waals surface area (Å²) in [4.78, 5) is 20.3. The molecule has 0 unspecified atom stereocenters. The highest BCUT2D eigenvalue weighted by molar-refractivity contribution is 14.0. The van der Waals surface area contributed by atoms with Crippen LogP contribution in [0.5, 0.6) is 0 Å². The monoisotopic (exact) mass is 487 g/mol. The molecule has 1 amide bonds. The summed E-state index contributed by atoms with van der Waals surface area (Å²) in [7, 11) is 5.32. The van der Waals surface area contributed by atoms with E-state index >= 15 is 0 Å². The lowest BCUT2D eigenvalue weighted by Gasteiger charge is -2.20. The Kier molecular flexibility index (Phi) is 11.3. The van der Waals surface area contributed by atoms with Crippen molar-refractivity contribution in [2.45, 2.75) is 32.2 Å². The van der Waals surface area contributed by atoms with Crippen molar-refractivity contribution < 1.29 is 4.79 Å². The molecule has 1 saturated heterocycles. The number of benzene rings is 1. The van der Waals surface area contributed by atoms with Gasteiger partial charge in [0, 0.05) is 46.3 Å². The normalized spacial score (nSPS) is 15.4. The van der Waals surface area contributed by atoms with E-state index in [-0.39, 0.29) is 29.9 Å². The minimum absolute atomic E-state index is 0. The Morgan fingerprint density at radius 2 is 1.70 bits per heavy atom. The van der Waals surface area contributed by atoms with E-state index in [1.54, 1.807) is 26.0 Å². The van der Waals surface area contributed by atoms with Gasteiger partial charge in [-0.25, -0.2) is 0 Å². The fourth-order valence-corrected chi connectivity index (χ4v) is 3.12. The number of amides is 1. The number of halogens is 1. The third-order valence-corrected chi connectivity index (χ3v) is 4.71. The number of carbonyl (C=O) groups is 1. The summed E-state index contributed by atoms with van der Waals surface area (Å²) >= 11 is 0. The van der Waals surface area contributed by atoms with Crippen molar-refractivity contribution in [2.24, 2.45) is 4.99 Å². The van der Waals surface area contributed by atoms with Gasteiger partial charge >= 0.3 is 0 Å². The average Bonchev–Trinajstić information content (AvgIpc) is 2.93. The summed E-state index contributed by atoms with van der Waals surface area (Å²) in [5, 5.41) is 6.72. The van der Waals surface area contributed by atoms with Gasteiger partial charge in [-0.15, -0.1) is 24.0 Å². The van der Waals surface area contributed by atoms with Gasteiger partial charge in [0.1, 0.15) is 0 Å². The Balaban J connectivity index is 0.00000364. The molecular weight excluding hydrogens is 453 g/mol. The molecule has 0 aromatic heterocycles. The van der Waals surface area contributed by atoms with Gasteiger partial charge in [-0.3, -0.25) is 9.79 Å². The Morgan fingerprint density at radius 3 is 2.26 bits per heavy atom. The highest BCUT2D eigenvalue weighted by Gasteiger charge is 2.09. The molecule has 0 atom stereocenters. The van der Waals surface area contributed by atoms with E-state index in [4.69, 9.17) is 0 Å². The molecule has 1 aliphatic heterocycles. The Bertz CT molecular complexity index is 581. The van der Waals surface area contributed by atoms with Crippen LogP contribution in [0.15, 0.2) is 29.3 Å². The second-order valence-corrected chi connectivity index (χ2v) is 7.00. The molecule has 0 saturated carbocycles. The maximum atomic E-state index is 11.9. The van der Waals surface area contributed by atoms with E-state index in [0.717, 1.165) is 24.6 Å². The SMILES string of the molecule is CN=C(NCCN1CCCCCC1)NCc1ccc(C(=O)N(C)C)cc1.I. The number of nitrogens with one attached hydrogen (secondary N) is 2. The van der Waals surface area contributed by atoms with Crippen molar-refractivity contribution in [3.8, 4) is 0 Å². The van der Waals surface area contributed by atoms with Gasteiger partial charge in [0.05, 0.1) is 0 Å². The summed E-state index contributed by atoms with van der Waals surface area (Å²) < 4.78 is 0. The van der Waals surface area contributed by atoms with E-state index in [0.29, 0.717) is 12.1 Å². The largest absolute Gasteiger partial charge is 0.355 e. The van der Waals surface area contributed by atoms with Gasteiger partial charge in [-0.05, 0) is 43.6 Å². The van der Waals surface area contributed by atoms with Crippen molar-refractivity contribution in [2.75, 3.05) is 47.3 Å². The van der Waals surface area contributed by atoms with Crippen LogP contribution >= 0.6 is 24.0 Å². The summed E-state index contributed by atoms with van der Waals surface area (Å²) in [5.41, 5.74) is 1.83. The predicted molar refractivity (Wildman–Crippen MR) is 123 cm³/mol. The topological polar surface area (TPSA) is 60.0 Å². The molecule has 1 aliphatic rings. The van der Waals surface area contributed by atoms with Crippen LogP contribution in [-0.2, 0) is 6.54 Å². The molecule has 1 heterocycles. The maximum Gasteiger partial charge on any atom is 0.253 e. The summed E-state index contributed by atoms with van der Waals surface area (Å²) in [6, 6.07) is 7.70. The van der Waals surface area contributed by atoms with Crippen molar-refractivity contribution in [1.29, 1.82) is 0 Å². The zero-order valence-corrected chi connectivity index (χ0v) is 19.2. The first-order valence-corrected chi connectivity index (χ1v) is 9.57. The fraction of sp³-hybridized carbons (Fsp3) is 0.600. The van der Waals surface area contributed by atoms with E-state index in [1.165, 1.54) is 38.8 Å². The van der Waals surface area contributed by atoms with Crippen LogP contribution in [0.25, 0.3) is 0 Å². The van der Waals surface area contributed by atoms with Crippen molar-refractivity contribution >= 4 is 35.8 Å². The summed E-state index contributed by atoms with van der Waals surface area (Å²) in [6.45, 7) is 5.06. The van der Waals surface area contributed by atoms with Gasteiger partial charge in [-0.1, -0.05) is 25.0 Å². The van der Waals surface area contributed by atoms with Crippen LogP contribution in [0.3, 0.4) is 0 Å². The number of aliphatic imine (C=N–C) groups is 1. The van der Waals surface area contributed by atoms with Crippen molar-refractivity contribution in [3.63, 3.8) is 0 Å². The van der Waals surface area contributed by atoms with E-state index in [9.17, 15) is 4.79 Å². The first kappa shape index (κ1) is 23.7. The molecule has 27 heavy (non-hydrogen) atoms. The molecule has 2 N–H and O–H groups in total. The maximum absolute atomic E-state index is 11.9. The third-order valence-electron chi connectivity index (χ3n) is 4.71. The van der Waals surface area contributed by atoms with E-state index < -0.39 is 0 Å². The van der Waals surface area contributed by atoms with E-state index in [1.807, 2.05) is 24.3 Å². The quantitative estimate of drug-likeness (QED) is 0.368. The van der Waals surface area contributed by atoms with Crippen LogP contribution in [0.4, 0.5) is 0 Å². The number of hydrogen-bond donors (Lipinski definition) is 2. The van der Waals surface area contributed by atoms with E-state index in [2.05, 4.69) is 20.5 Å². The van der Waals surface area contributed by atoms with Gasteiger partial charge in [0.15, 0.2) is 5.96 Å². The van der Waals surface area contributed by atoms with Gasteiger partial charge in [-0.2, -0.15) is 0 Å². The molecule has 7 heteroatoms. The van der Waals surface area contributed by atoms with Crippen LogP contribution < -0.4 is 10.6 Å². The molecule has 0 radical (unpaired) electrons. The molecule has 6 nitrogen and oxygen atoms in total. The first-order chi connectivity index (χ1) is 12.6. The second-order valence-electron chi connectivity index (χ2n) is 7.00. The lowest BCUT2D eigenvalue weighted by Crippen LogP contribution is -2.41. The molecule has 0 bridgehead atoms. The highest BCUT2D eigenvalue weighted by Crippen LogP contribution is 2.09. The standard InChI is InChI=1S/C20H33N5O.HI/c1-21-20(22-12-15-25-13-6-4-5-7-14-25)23-16-17-8-10-18(11-9-17)19(26)24(2)3;/h8-11H,4-7,12-16H2,1-3H3,(H2,21,22,23);1H. The van der Waals surface area contributed by atoms with Gasteiger partial charge < -0.3 is 20.4 Å². The minimum Gasteiger partial charge on any atom is -0.355 e. The minimum atomic E-state index is 0. The number of carbonyl (C=O) groups excluding carboxylic acids is 1. The number of nitrogens with zero attached hydrogens (tertiary/aromatic N) is 3. The molecule has 152 valence electrons. The fourth-order valence-electron chi connectivity index (χ4n) is 3.12. The molecule has 0 spiro atoms. The van der Waals surface area contributed by atoms with Crippen molar-refractivity contribution in [1.82, 2.24) is 20.4 Å². The molecule has 2 rings (SSSR count). The number of rotatable bonds is 6. The Morgan fingerprint density at radius 1 is 1.07 bits per heavy atom. The molecule has 1 fully saturated rings. The molecule has 1 aromatic rings. The van der Waals surface area contributed by atoms with Gasteiger partial charge in [0.25, 0.3) is 5.91 Å². The van der Waals surface area contributed by atoms with Crippen molar-refractivity contribution in [3.05, 3.63) is 35.4 Å². The Labute approximate surface area is 180 Å². The number of hydrogen-bond acceptors (Lipinski definition) is 3. The lowest BCUT2D eigenvalue weighted by molar-refractivity contribution is 0.0827. The second kappa shape index (κ2) is 12.9. The average molecular weight is 487 g/mol. The van der Waals surface area contributed by atoms with Gasteiger partial charge in [0.2, 0.25) is 0 Å². The predicted octanol–water partition coefficient (Wildman–Crippen LogP) is 2.55. The molecule has 0 aliphatic carbocycles. The summed E-state index contributed by atoms with van der Waals surface area (Å²) in [5.74, 6) is 0.837. The number of guanidine groups is 1. The number of likely N-dealkylation sites (tertiary alicyclic amines) is 1. The zero-order valence-electron chi connectivity index (χ0n) is 16.8. The molecular formula is C20H34IN5O. The zero-order chi connectivity index (χ0) is 18.8. The lowest BCUT2D eigenvalue weighted by atomic mass is 10.1. The van der Waals surface area contributed by atoms with Crippen LogP contribution in [0, 0.1) is 0 Å². The third kappa shape index (κ3) is 8.47. The van der Waals surface area contributed by atoms with Crippen LogP contribution in [0.1, 0.15) is 41.6 Å².